The number of likely N-dealkylation sites (tertiary alicyclic amines) is 1. The van der Waals surface area contributed by atoms with E-state index in [0.717, 1.165) is 12.1 Å². The van der Waals surface area contributed by atoms with Crippen molar-refractivity contribution in [3.05, 3.63) is 29.8 Å². The molecule has 0 spiro atoms. The van der Waals surface area contributed by atoms with E-state index in [4.69, 9.17) is 0 Å². The van der Waals surface area contributed by atoms with Gasteiger partial charge in [-0.2, -0.15) is 0 Å². The standard InChI is InChI=1S/C16H22N2S/c1-2-4-16-14(3-1)15(11-19-16)17-12-7-9-18(10-8-12)13-5-6-13/h1-4,12-13,15,17H,5-11H2. The third kappa shape index (κ3) is 2.56. The predicted octanol–water partition coefficient (Wildman–Crippen LogP) is 3.05. The van der Waals surface area contributed by atoms with Crippen molar-refractivity contribution in [3.63, 3.8) is 0 Å². The van der Waals surface area contributed by atoms with E-state index in [2.05, 4.69) is 34.5 Å². The van der Waals surface area contributed by atoms with Gasteiger partial charge < -0.3 is 10.2 Å². The maximum Gasteiger partial charge on any atom is 0.0428 e. The van der Waals surface area contributed by atoms with E-state index in [-0.39, 0.29) is 0 Å². The Morgan fingerprint density at radius 2 is 1.84 bits per heavy atom. The topological polar surface area (TPSA) is 15.3 Å². The zero-order chi connectivity index (χ0) is 12.7. The van der Waals surface area contributed by atoms with E-state index in [0.29, 0.717) is 6.04 Å². The Hall–Kier alpha value is -0.510. The zero-order valence-corrected chi connectivity index (χ0v) is 12.2. The second kappa shape index (κ2) is 5.12. The van der Waals surface area contributed by atoms with Crippen LogP contribution >= 0.6 is 11.8 Å². The van der Waals surface area contributed by atoms with Crippen LogP contribution in [0.15, 0.2) is 29.2 Å². The second-order valence-electron chi connectivity index (χ2n) is 6.11. The first-order chi connectivity index (χ1) is 9.40. The van der Waals surface area contributed by atoms with Crippen LogP contribution in [-0.2, 0) is 0 Å². The molecule has 1 aromatic carbocycles. The highest BCUT2D eigenvalue weighted by Crippen LogP contribution is 2.38. The molecule has 2 aliphatic heterocycles. The number of hydrogen-bond acceptors (Lipinski definition) is 3. The van der Waals surface area contributed by atoms with E-state index in [1.54, 1.807) is 0 Å². The number of thioether (sulfide) groups is 1. The largest absolute Gasteiger partial charge is 0.306 e. The van der Waals surface area contributed by atoms with Crippen molar-refractivity contribution in [2.45, 2.75) is 48.7 Å². The van der Waals surface area contributed by atoms with E-state index in [1.807, 2.05) is 11.8 Å². The van der Waals surface area contributed by atoms with Crippen LogP contribution in [0.4, 0.5) is 0 Å². The number of rotatable bonds is 3. The molecule has 1 saturated carbocycles. The summed E-state index contributed by atoms with van der Waals surface area (Å²) in [5.41, 5.74) is 1.53. The van der Waals surface area contributed by atoms with Gasteiger partial charge in [0, 0.05) is 28.8 Å². The van der Waals surface area contributed by atoms with Crippen LogP contribution in [-0.4, -0.2) is 35.8 Å². The van der Waals surface area contributed by atoms with E-state index in [1.165, 1.54) is 55.0 Å². The highest BCUT2D eigenvalue weighted by molar-refractivity contribution is 7.99. The fraction of sp³-hybridized carbons (Fsp3) is 0.625. The summed E-state index contributed by atoms with van der Waals surface area (Å²) in [6.07, 6.45) is 5.56. The minimum absolute atomic E-state index is 0.582. The van der Waals surface area contributed by atoms with E-state index < -0.39 is 0 Å². The van der Waals surface area contributed by atoms with Crippen LogP contribution in [0.5, 0.6) is 0 Å². The Labute approximate surface area is 119 Å². The number of nitrogens with zero attached hydrogens (tertiary/aromatic N) is 1. The van der Waals surface area contributed by atoms with Crippen molar-refractivity contribution in [2.24, 2.45) is 0 Å². The number of benzene rings is 1. The molecule has 0 bridgehead atoms. The fourth-order valence-electron chi connectivity index (χ4n) is 3.46. The lowest BCUT2D eigenvalue weighted by Gasteiger charge is -2.34. The molecule has 1 unspecified atom stereocenters. The number of fused-ring (bicyclic) bond motifs is 1. The summed E-state index contributed by atoms with van der Waals surface area (Å²) < 4.78 is 0. The van der Waals surface area contributed by atoms with Gasteiger partial charge in [-0.1, -0.05) is 18.2 Å². The molecule has 1 atom stereocenters. The van der Waals surface area contributed by atoms with Crippen LogP contribution in [0.2, 0.25) is 0 Å². The van der Waals surface area contributed by atoms with E-state index >= 15 is 0 Å². The molecule has 0 amide bonds. The van der Waals surface area contributed by atoms with Gasteiger partial charge in [0.15, 0.2) is 0 Å². The van der Waals surface area contributed by atoms with Crippen molar-refractivity contribution in [1.82, 2.24) is 10.2 Å². The first-order valence-corrected chi connectivity index (χ1v) is 8.60. The van der Waals surface area contributed by atoms with Crippen molar-refractivity contribution < 1.29 is 0 Å². The second-order valence-corrected chi connectivity index (χ2v) is 7.17. The Kier molecular flexibility index (Phi) is 3.30. The number of piperidine rings is 1. The van der Waals surface area contributed by atoms with Crippen LogP contribution in [0.1, 0.15) is 37.3 Å². The molecule has 2 fully saturated rings. The Morgan fingerprint density at radius 1 is 1.05 bits per heavy atom. The molecule has 0 radical (unpaired) electrons. The van der Waals surface area contributed by atoms with Crippen LogP contribution < -0.4 is 5.32 Å². The molecule has 2 nitrogen and oxygen atoms in total. The molecule has 1 aliphatic carbocycles. The Morgan fingerprint density at radius 3 is 2.63 bits per heavy atom. The van der Waals surface area contributed by atoms with Crippen LogP contribution in [0.25, 0.3) is 0 Å². The van der Waals surface area contributed by atoms with Gasteiger partial charge in [-0.25, -0.2) is 0 Å². The molecule has 1 saturated heterocycles. The van der Waals surface area contributed by atoms with Gasteiger partial charge in [0.2, 0.25) is 0 Å². The smallest absolute Gasteiger partial charge is 0.0428 e. The zero-order valence-electron chi connectivity index (χ0n) is 11.3. The van der Waals surface area contributed by atoms with Gasteiger partial charge >= 0.3 is 0 Å². The molecule has 0 aromatic heterocycles. The summed E-state index contributed by atoms with van der Waals surface area (Å²) in [6, 6.07) is 11.1. The lowest BCUT2D eigenvalue weighted by molar-refractivity contribution is 0.185. The maximum absolute atomic E-state index is 3.91. The number of hydrogen-bond donors (Lipinski definition) is 1. The third-order valence-corrected chi connectivity index (χ3v) is 5.91. The minimum Gasteiger partial charge on any atom is -0.306 e. The lowest BCUT2D eigenvalue weighted by Crippen LogP contribution is -2.44. The lowest BCUT2D eigenvalue weighted by atomic mass is 10.0. The summed E-state index contributed by atoms with van der Waals surface area (Å²) in [7, 11) is 0. The monoisotopic (exact) mass is 274 g/mol. The normalized spacial score (nSPS) is 28.5. The summed E-state index contributed by atoms with van der Waals surface area (Å²) in [4.78, 5) is 4.19. The molecule has 1 N–H and O–H groups in total. The molecule has 102 valence electrons. The van der Waals surface area contributed by atoms with Crippen LogP contribution in [0, 0.1) is 0 Å². The minimum atomic E-state index is 0.582. The molecule has 3 aliphatic rings. The summed E-state index contributed by atoms with van der Waals surface area (Å²) >= 11 is 2.01. The summed E-state index contributed by atoms with van der Waals surface area (Å²) in [5.74, 6) is 1.21. The van der Waals surface area contributed by atoms with Gasteiger partial charge in [-0.15, -0.1) is 11.8 Å². The van der Waals surface area contributed by atoms with Gasteiger partial charge in [-0.05, 0) is 50.4 Å². The molecule has 19 heavy (non-hydrogen) atoms. The highest BCUT2D eigenvalue weighted by atomic mass is 32.2. The maximum atomic E-state index is 3.91. The third-order valence-electron chi connectivity index (χ3n) is 4.73. The molecule has 2 heterocycles. The Bertz CT molecular complexity index is 450. The van der Waals surface area contributed by atoms with E-state index in [9.17, 15) is 0 Å². The van der Waals surface area contributed by atoms with Crippen molar-refractivity contribution >= 4 is 11.8 Å². The quantitative estimate of drug-likeness (QED) is 0.912. The molecule has 4 rings (SSSR count). The number of nitrogens with one attached hydrogen (secondary N) is 1. The average molecular weight is 274 g/mol. The van der Waals surface area contributed by atoms with Gasteiger partial charge in [0.25, 0.3) is 0 Å². The first kappa shape index (κ1) is 12.2. The predicted molar refractivity (Wildman–Crippen MR) is 80.7 cm³/mol. The fourth-order valence-corrected chi connectivity index (χ4v) is 4.63. The SMILES string of the molecule is c1ccc2c(c1)SCC2NC1CCN(C2CC2)CC1. The van der Waals surface area contributed by atoms with Gasteiger partial charge in [0.1, 0.15) is 0 Å². The average Bonchev–Trinajstić information content (AvgIpc) is 3.23. The molecule has 3 heteroatoms. The summed E-state index contributed by atoms with van der Waals surface area (Å²) in [6.45, 7) is 2.62. The highest BCUT2D eigenvalue weighted by Gasteiger charge is 2.33. The molecular formula is C16H22N2S. The van der Waals surface area contributed by atoms with Crippen molar-refractivity contribution in [3.8, 4) is 0 Å². The van der Waals surface area contributed by atoms with Crippen molar-refractivity contribution in [2.75, 3.05) is 18.8 Å². The van der Waals surface area contributed by atoms with Gasteiger partial charge in [-0.3, -0.25) is 0 Å². The Balaban J connectivity index is 1.35. The summed E-state index contributed by atoms with van der Waals surface area (Å²) in [5, 5.41) is 3.91. The first-order valence-electron chi connectivity index (χ1n) is 7.62. The van der Waals surface area contributed by atoms with Crippen molar-refractivity contribution in [1.29, 1.82) is 0 Å². The van der Waals surface area contributed by atoms with Gasteiger partial charge in [0.05, 0.1) is 0 Å². The van der Waals surface area contributed by atoms with Crippen LogP contribution in [0.3, 0.4) is 0 Å². The molecule has 1 aromatic rings. The molecular weight excluding hydrogens is 252 g/mol.